The monoisotopic (exact) mass is 251 g/mol. The molecule has 98 valence electrons. The zero-order valence-electron chi connectivity index (χ0n) is 10.4. The zero-order valence-corrected chi connectivity index (χ0v) is 10.4. The first-order valence-corrected chi connectivity index (χ1v) is 6.00. The number of anilines is 1. The standard InChI is InChI=1S/C13H18FN3O/c1-17(7-8-4-10(18)5-8)12-3-2-9(13(15)16)6-11(12)14/h2-3,6,8,10,18H,4-5,7H2,1H3,(H3,15,16). The van der Waals surface area contributed by atoms with Crippen LogP contribution in [0.3, 0.4) is 0 Å². The molecule has 4 N–H and O–H groups in total. The van der Waals surface area contributed by atoms with Crippen LogP contribution in [0.5, 0.6) is 0 Å². The lowest BCUT2D eigenvalue weighted by molar-refractivity contribution is 0.0464. The number of nitrogens with two attached hydrogens (primary N) is 1. The van der Waals surface area contributed by atoms with Crippen LogP contribution >= 0.6 is 0 Å². The van der Waals surface area contributed by atoms with E-state index in [1.54, 1.807) is 12.1 Å². The molecule has 0 radical (unpaired) electrons. The Kier molecular flexibility index (Phi) is 3.52. The number of nitrogens with zero attached hydrogens (tertiary/aromatic N) is 1. The van der Waals surface area contributed by atoms with Crippen LogP contribution in [0.15, 0.2) is 18.2 Å². The molecule has 0 heterocycles. The summed E-state index contributed by atoms with van der Waals surface area (Å²) in [5.74, 6) is -0.0767. The molecule has 1 aliphatic carbocycles. The van der Waals surface area contributed by atoms with Crippen molar-refractivity contribution in [1.82, 2.24) is 0 Å². The van der Waals surface area contributed by atoms with E-state index < -0.39 is 0 Å². The highest BCUT2D eigenvalue weighted by molar-refractivity contribution is 5.95. The predicted molar refractivity (Wildman–Crippen MR) is 69.4 cm³/mol. The molecule has 1 saturated carbocycles. The van der Waals surface area contributed by atoms with Gasteiger partial charge in [0.1, 0.15) is 11.7 Å². The number of nitrogens with one attached hydrogen (secondary N) is 1. The fraction of sp³-hybridized carbons (Fsp3) is 0.462. The van der Waals surface area contributed by atoms with Crippen molar-refractivity contribution in [3.8, 4) is 0 Å². The number of nitrogen functional groups attached to an aromatic ring is 1. The predicted octanol–water partition coefficient (Wildman–Crippen LogP) is 1.32. The Morgan fingerprint density at radius 2 is 2.22 bits per heavy atom. The highest BCUT2D eigenvalue weighted by Crippen LogP contribution is 2.29. The molecule has 0 atom stereocenters. The topological polar surface area (TPSA) is 73.3 Å². The Bertz CT molecular complexity index is 458. The summed E-state index contributed by atoms with van der Waals surface area (Å²) in [4.78, 5) is 1.84. The van der Waals surface area contributed by atoms with Crippen LogP contribution in [0.2, 0.25) is 0 Å². The molecule has 2 rings (SSSR count). The summed E-state index contributed by atoms with van der Waals surface area (Å²) in [6, 6.07) is 4.57. The fourth-order valence-electron chi connectivity index (χ4n) is 2.32. The molecule has 0 saturated heterocycles. The number of rotatable bonds is 4. The summed E-state index contributed by atoms with van der Waals surface area (Å²) in [5.41, 5.74) is 6.20. The minimum atomic E-state index is -0.370. The maximum absolute atomic E-state index is 13.9. The number of amidine groups is 1. The maximum atomic E-state index is 13.9. The van der Waals surface area contributed by atoms with Crippen molar-refractivity contribution in [2.75, 3.05) is 18.5 Å². The quantitative estimate of drug-likeness (QED) is 0.558. The van der Waals surface area contributed by atoms with Crippen molar-refractivity contribution >= 4 is 11.5 Å². The van der Waals surface area contributed by atoms with Gasteiger partial charge in [0.2, 0.25) is 0 Å². The lowest BCUT2D eigenvalue weighted by Gasteiger charge is -2.35. The van der Waals surface area contributed by atoms with E-state index in [-0.39, 0.29) is 17.8 Å². The third-order valence-electron chi connectivity index (χ3n) is 3.41. The van der Waals surface area contributed by atoms with Crippen LogP contribution in [0.25, 0.3) is 0 Å². The Hall–Kier alpha value is -1.62. The SMILES string of the molecule is CN(CC1CC(O)C1)c1ccc(C(=N)N)cc1F. The van der Waals surface area contributed by atoms with E-state index in [1.165, 1.54) is 6.07 Å². The smallest absolute Gasteiger partial charge is 0.147 e. The van der Waals surface area contributed by atoms with Crippen LogP contribution in [0.4, 0.5) is 10.1 Å². The number of hydrogen-bond donors (Lipinski definition) is 3. The molecule has 0 aliphatic heterocycles. The van der Waals surface area contributed by atoms with Gasteiger partial charge in [0.25, 0.3) is 0 Å². The molecule has 18 heavy (non-hydrogen) atoms. The zero-order chi connectivity index (χ0) is 13.3. The molecule has 1 aliphatic rings. The van der Waals surface area contributed by atoms with Crippen LogP contribution in [0.1, 0.15) is 18.4 Å². The van der Waals surface area contributed by atoms with Gasteiger partial charge in [0.05, 0.1) is 11.8 Å². The second kappa shape index (κ2) is 4.94. The third-order valence-corrected chi connectivity index (χ3v) is 3.41. The molecule has 5 heteroatoms. The first kappa shape index (κ1) is 12.8. The molecule has 0 amide bonds. The third kappa shape index (κ3) is 2.61. The average Bonchev–Trinajstić information content (AvgIpc) is 2.26. The lowest BCUT2D eigenvalue weighted by Crippen LogP contribution is -2.37. The van der Waals surface area contributed by atoms with E-state index in [0.29, 0.717) is 17.2 Å². The van der Waals surface area contributed by atoms with E-state index >= 15 is 0 Å². The second-order valence-electron chi connectivity index (χ2n) is 4.95. The molecule has 4 nitrogen and oxygen atoms in total. The first-order chi connectivity index (χ1) is 8.47. The molecular formula is C13H18FN3O. The van der Waals surface area contributed by atoms with Crippen molar-refractivity contribution in [3.05, 3.63) is 29.6 Å². The summed E-state index contributed by atoms with van der Waals surface area (Å²) in [6.45, 7) is 0.730. The summed E-state index contributed by atoms with van der Waals surface area (Å²) < 4.78 is 13.9. The van der Waals surface area contributed by atoms with Gasteiger partial charge in [0, 0.05) is 19.2 Å². The highest BCUT2D eigenvalue weighted by Gasteiger charge is 2.28. The number of aliphatic hydroxyl groups is 1. The van der Waals surface area contributed by atoms with Gasteiger partial charge in [-0.15, -0.1) is 0 Å². The van der Waals surface area contributed by atoms with E-state index in [1.807, 2.05) is 11.9 Å². The highest BCUT2D eigenvalue weighted by atomic mass is 19.1. The Morgan fingerprint density at radius 3 is 2.72 bits per heavy atom. The van der Waals surface area contributed by atoms with Crippen molar-refractivity contribution in [2.24, 2.45) is 11.7 Å². The van der Waals surface area contributed by atoms with Gasteiger partial charge in [-0.2, -0.15) is 0 Å². The molecular weight excluding hydrogens is 233 g/mol. The number of benzene rings is 1. The Morgan fingerprint density at radius 1 is 1.56 bits per heavy atom. The van der Waals surface area contributed by atoms with E-state index in [2.05, 4.69) is 0 Å². The van der Waals surface area contributed by atoms with Crippen molar-refractivity contribution in [2.45, 2.75) is 18.9 Å². The van der Waals surface area contributed by atoms with Gasteiger partial charge < -0.3 is 15.7 Å². The van der Waals surface area contributed by atoms with Gasteiger partial charge in [-0.1, -0.05) is 0 Å². The first-order valence-electron chi connectivity index (χ1n) is 6.00. The van der Waals surface area contributed by atoms with Gasteiger partial charge in [0.15, 0.2) is 0 Å². The van der Waals surface area contributed by atoms with E-state index in [0.717, 1.165) is 19.4 Å². The van der Waals surface area contributed by atoms with Crippen LogP contribution in [-0.2, 0) is 0 Å². The molecule has 0 bridgehead atoms. The molecule has 0 spiro atoms. The van der Waals surface area contributed by atoms with Gasteiger partial charge >= 0.3 is 0 Å². The minimum absolute atomic E-state index is 0.134. The summed E-state index contributed by atoms with van der Waals surface area (Å²) in [7, 11) is 1.83. The van der Waals surface area contributed by atoms with Gasteiger partial charge in [-0.3, -0.25) is 5.41 Å². The van der Waals surface area contributed by atoms with Gasteiger partial charge in [-0.05, 0) is 37.0 Å². The fourth-order valence-corrected chi connectivity index (χ4v) is 2.32. The number of halogens is 1. The molecule has 1 aromatic rings. The van der Waals surface area contributed by atoms with Crippen LogP contribution in [-0.4, -0.2) is 30.6 Å². The number of hydrogen-bond acceptors (Lipinski definition) is 3. The Labute approximate surface area is 106 Å². The van der Waals surface area contributed by atoms with Crippen molar-refractivity contribution in [3.63, 3.8) is 0 Å². The minimum Gasteiger partial charge on any atom is -0.393 e. The normalized spacial score (nSPS) is 22.4. The molecule has 1 aromatic carbocycles. The van der Waals surface area contributed by atoms with Crippen molar-refractivity contribution < 1.29 is 9.50 Å². The summed E-state index contributed by atoms with van der Waals surface area (Å²) in [6.07, 6.45) is 1.39. The van der Waals surface area contributed by atoms with Gasteiger partial charge in [-0.25, -0.2) is 4.39 Å². The Balaban J connectivity index is 2.05. The van der Waals surface area contributed by atoms with Crippen LogP contribution in [0, 0.1) is 17.1 Å². The average molecular weight is 251 g/mol. The maximum Gasteiger partial charge on any atom is 0.147 e. The molecule has 0 unspecified atom stereocenters. The van der Waals surface area contributed by atoms with Crippen LogP contribution < -0.4 is 10.6 Å². The number of aliphatic hydroxyl groups excluding tert-OH is 1. The molecule has 1 fully saturated rings. The largest absolute Gasteiger partial charge is 0.393 e. The van der Waals surface area contributed by atoms with E-state index in [4.69, 9.17) is 11.1 Å². The van der Waals surface area contributed by atoms with Crippen molar-refractivity contribution in [1.29, 1.82) is 5.41 Å². The second-order valence-corrected chi connectivity index (χ2v) is 4.95. The summed E-state index contributed by atoms with van der Waals surface area (Å²) in [5, 5.41) is 16.5. The van der Waals surface area contributed by atoms with E-state index in [9.17, 15) is 9.50 Å². The lowest BCUT2D eigenvalue weighted by atomic mass is 9.82. The summed E-state index contributed by atoms with van der Waals surface area (Å²) >= 11 is 0. The molecule has 0 aromatic heterocycles.